The molecule has 0 bridgehead atoms. The summed E-state index contributed by atoms with van der Waals surface area (Å²) in [5.41, 5.74) is 0. The van der Waals surface area contributed by atoms with E-state index in [0.717, 1.165) is 37.4 Å². The Kier molecular flexibility index (Phi) is 5.13. The molecule has 0 radical (unpaired) electrons. The van der Waals surface area contributed by atoms with Gasteiger partial charge in [-0.15, -0.1) is 11.3 Å². The zero-order chi connectivity index (χ0) is 13.8. The fourth-order valence-corrected chi connectivity index (χ4v) is 3.51. The second-order valence-corrected chi connectivity index (χ2v) is 6.65. The molecule has 0 saturated carbocycles. The summed E-state index contributed by atoms with van der Waals surface area (Å²) in [6, 6.07) is 4.53. The van der Waals surface area contributed by atoms with E-state index in [9.17, 15) is 4.79 Å². The Hall–Kier alpha value is -0.710. The highest BCUT2D eigenvalue weighted by atomic mass is 32.1. The van der Waals surface area contributed by atoms with Crippen molar-refractivity contribution in [1.29, 1.82) is 0 Å². The van der Waals surface area contributed by atoms with Gasteiger partial charge in [0.25, 0.3) is 0 Å². The molecule has 0 amide bonds. The van der Waals surface area contributed by atoms with Crippen LogP contribution >= 0.6 is 11.3 Å². The summed E-state index contributed by atoms with van der Waals surface area (Å²) >= 11 is 1.65. The molecule has 3 nitrogen and oxygen atoms in total. The molecule has 2 heterocycles. The molecule has 0 N–H and O–H groups in total. The van der Waals surface area contributed by atoms with Crippen LogP contribution in [-0.4, -0.2) is 54.9 Å². The first-order valence-corrected chi connectivity index (χ1v) is 7.96. The Morgan fingerprint density at radius 3 is 2.89 bits per heavy atom. The molecule has 1 unspecified atom stereocenters. The molecule has 4 heteroatoms. The van der Waals surface area contributed by atoms with Gasteiger partial charge in [-0.1, -0.05) is 6.92 Å². The molecule has 1 fully saturated rings. The number of hydrogen-bond acceptors (Lipinski definition) is 4. The van der Waals surface area contributed by atoms with Crippen molar-refractivity contribution in [3.63, 3.8) is 0 Å². The van der Waals surface area contributed by atoms with E-state index in [4.69, 9.17) is 0 Å². The van der Waals surface area contributed by atoms with Gasteiger partial charge in [-0.05, 0) is 45.5 Å². The molecule has 1 aromatic heterocycles. The summed E-state index contributed by atoms with van der Waals surface area (Å²) in [7, 11) is 2.16. The predicted molar refractivity (Wildman–Crippen MR) is 81.2 cm³/mol. The zero-order valence-corrected chi connectivity index (χ0v) is 13.0. The highest BCUT2D eigenvalue weighted by molar-refractivity contribution is 7.14. The largest absolute Gasteiger partial charge is 0.305 e. The first-order chi connectivity index (χ1) is 9.10. The standard InChI is InChI=1S/C15H24N2OS/c1-4-13-6-7-15(19-13)14(18)11-17-9-5-8-16(3)10-12(17)2/h6-7,12H,4-5,8-11H2,1-3H3. The second kappa shape index (κ2) is 6.64. The average molecular weight is 280 g/mol. The van der Waals surface area contributed by atoms with Crippen LogP contribution in [0.3, 0.4) is 0 Å². The van der Waals surface area contributed by atoms with Gasteiger partial charge in [-0.3, -0.25) is 9.69 Å². The number of thiophene rings is 1. The maximum Gasteiger partial charge on any atom is 0.186 e. The summed E-state index contributed by atoms with van der Waals surface area (Å²) in [6.45, 7) is 8.14. The number of carbonyl (C=O) groups is 1. The van der Waals surface area contributed by atoms with Gasteiger partial charge in [-0.2, -0.15) is 0 Å². The molecular weight excluding hydrogens is 256 g/mol. The highest BCUT2D eigenvalue weighted by Crippen LogP contribution is 2.18. The van der Waals surface area contributed by atoms with Crippen molar-refractivity contribution in [1.82, 2.24) is 9.80 Å². The van der Waals surface area contributed by atoms with Crippen LogP contribution < -0.4 is 0 Å². The summed E-state index contributed by atoms with van der Waals surface area (Å²) < 4.78 is 0. The molecule has 2 rings (SSSR count). The molecule has 1 aromatic rings. The van der Waals surface area contributed by atoms with Gasteiger partial charge in [0, 0.05) is 24.0 Å². The normalized spacial score (nSPS) is 22.4. The van der Waals surface area contributed by atoms with E-state index in [1.807, 2.05) is 6.07 Å². The van der Waals surface area contributed by atoms with Crippen LogP contribution in [0.15, 0.2) is 12.1 Å². The Labute approximate surface area is 120 Å². The van der Waals surface area contributed by atoms with Crippen LogP contribution in [0.1, 0.15) is 34.8 Å². The van der Waals surface area contributed by atoms with Gasteiger partial charge in [0.15, 0.2) is 5.78 Å². The number of carbonyl (C=O) groups excluding carboxylic acids is 1. The third kappa shape index (κ3) is 3.88. The second-order valence-electron chi connectivity index (χ2n) is 5.48. The summed E-state index contributed by atoms with van der Waals surface area (Å²) in [5, 5.41) is 0. The SMILES string of the molecule is CCc1ccc(C(=O)CN2CCCN(C)CC2C)s1. The van der Waals surface area contributed by atoms with Crippen LogP contribution in [0, 0.1) is 0 Å². The molecule has 1 atom stereocenters. The topological polar surface area (TPSA) is 23.6 Å². The van der Waals surface area contributed by atoms with Gasteiger partial charge in [0.2, 0.25) is 0 Å². The van der Waals surface area contributed by atoms with E-state index < -0.39 is 0 Å². The van der Waals surface area contributed by atoms with Crippen molar-refractivity contribution in [2.45, 2.75) is 32.7 Å². The fourth-order valence-electron chi connectivity index (χ4n) is 2.64. The van der Waals surface area contributed by atoms with Crippen LogP contribution in [-0.2, 0) is 6.42 Å². The van der Waals surface area contributed by atoms with E-state index in [1.54, 1.807) is 11.3 Å². The van der Waals surface area contributed by atoms with Crippen molar-refractivity contribution < 1.29 is 4.79 Å². The van der Waals surface area contributed by atoms with Gasteiger partial charge in [0.05, 0.1) is 11.4 Å². The average Bonchev–Trinajstić information content (AvgIpc) is 2.80. The molecule has 19 heavy (non-hydrogen) atoms. The third-order valence-corrected chi connectivity index (χ3v) is 5.09. The van der Waals surface area contributed by atoms with Crippen LogP contribution in [0.4, 0.5) is 0 Å². The Morgan fingerprint density at radius 2 is 2.21 bits per heavy atom. The van der Waals surface area contributed by atoms with Gasteiger partial charge >= 0.3 is 0 Å². The smallest absolute Gasteiger partial charge is 0.186 e. The Morgan fingerprint density at radius 1 is 1.42 bits per heavy atom. The lowest BCUT2D eigenvalue weighted by molar-refractivity contribution is 0.0904. The molecule has 0 aliphatic carbocycles. The van der Waals surface area contributed by atoms with Gasteiger partial charge < -0.3 is 4.90 Å². The lowest BCUT2D eigenvalue weighted by Gasteiger charge is -2.26. The molecular formula is C15H24N2OS. The maximum atomic E-state index is 12.3. The number of ketones is 1. The van der Waals surface area contributed by atoms with Crippen LogP contribution in [0.2, 0.25) is 0 Å². The van der Waals surface area contributed by atoms with Crippen molar-refractivity contribution in [3.05, 3.63) is 21.9 Å². The molecule has 1 saturated heterocycles. The van der Waals surface area contributed by atoms with Crippen molar-refractivity contribution in [3.8, 4) is 0 Å². The molecule has 0 aromatic carbocycles. The molecule has 1 aliphatic rings. The van der Waals surface area contributed by atoms with E-state index in [-0.39, 0.29) is 5.78 Å². The monoisotopic (exact) mass is 280 g/mol. The summed E-state index contributed by atoms with van der Waals surface area (Å²) in [6.07, 6.45) is 2.17. The van der Waals surface area contributed by atoms with E-state index >= 15 is 0 Å². The Bertz CT molecular complexity index is 430. The van der Waals surface area contributed by atoms with Crippen LogP contribution in [0.5, 0.6) is 0 Å². The summed E-state index contributed by atoms with van der Waals surface area (Å²) in [4.78, 5) is 19.2. The number of hydrogen-bond donors (Lipinski definition) is 0. The lowest BCUT2D eigenvalue weighted by atomic mass is 10.2. The number of likely N-dealkylation sites (N-methyl/N-ethyl adjacent to an activating group) is 1. The highest BCUT2D eigenvalue weighted by Gasteiger charge is 2.22. The minimum atomic E-state index is 0.279. The maximum absolute atomic E-state index is 12.3. The van der Waals surface area contributed by atoms with E-state index in [0.29, 0.717) is 12.6 Å². The summed E-state index contributed by atoms with van der Waals surface area (Å²) in [5.74, 6) is 0.279. The molecule has 106 valence electrons. The number of rotatable bonds is 4. The lowest BCUT2D eigenvalue weighted by Crippen LogP contribution is -2.40. The van der Waals surface area contributed by atoms with Gasteiger partial charge in [0.1, 0.15) is 0 Å². The number of Topliss-reactive ketones (excluding diaryl/α,β-unsaturated/α-hetero) is 1. The Balaban J connectivity index is 1.97. The fraction of sp³-hybridized carbons (Fsp3) is 0.667. The van der Waals surface area contributed by atoms with E-state index in [2.05, 4.69) is 36.8 Å². The van der Waals surface area contributed by atoms with E-state index in [1.165, 1.54) is 4.88 Å². The van der Waals surface area contributed by atoms with Crippen molar-refractivity contribution >= 4 is 17.1 Å². The quantitative estimate of drug-likeness (QED) is 0.792. The van der Waals surface area contributed by atoms with Gasteiger partial charge in [-0.25, -0.2) is 0 Å². The minimum Gasteiger partial charge on any atom is -0.305 e. The number of nitrogens with zero attached hydrogens (tertiary/aromatic N) is 2. The first-order valence-electron chi connectivity index (χ1n) is 7.14. The minimum absolute atomic E-state index is 0.279. The van der Waals surface area contributed by atoms with Crippen LogP contribution in [0.25, 0.3) is 0 Å². The first kappa shape index (κ1) is 14.7. The predicted octanol–water partition coefficient (Wildman–Crippen LogP) is 2.52. The molecule has 0 spiro atoms. The molecule has 1 aliphatic heterocycles. The zero-order valence-electron chi connectivity index (χ0n) is 12.2. The van der Waals surface area contributed by atoms with Crippen molar-refractivity contribution in [2.75, 3.05) is 33.2 Å². The van der Waals surface area contributed by atoms with Crippen molar-refractivity contribution in [2.24, 2.45) is 0 Å². The number of aryl methyl sites for hydroxylation is 1. The third-order valence-electron chi connectivity index (χ3n) is 3.82.